The Kier molecular flexibility index (Phi) is 6.65. The number of allylic oxidation sites excluding steroid dienone is 4. The molecule has 1 N–H and O–H groups in total. The average molecular weight is 373 g/mol. The molecule has 1 aromatic carbocycles. The zero-order valence-electron chi connectivity index (χ0n) is 15.1. The number of aryl methyl sites for hydroxylation is 2. The van der Waals surface area contributed by atoms with E-state index in [0.717, 1.165) is 11.1 Å². The van der Waals surface area contributed by atoms with Crippen molar-refractivity contribution in [3.63, 3.8) is 0 Å². The Balaban J connectivity index is 2.36. The zero-order valence-corrected chi connectivity index (χ0v) is 16.0. The van der Waals surface area contributed by atoms with Crippen molar-refractivity contribution in [3.8, 4) is 0 Å². The molecule has 0 fully saturated rings. The standard InChI is InChI=1S/C19H23N3O3S/c1-5-7-16(8-6-2)13-18(19-21-20-15(4)25-19)22-26(23,24)17-11-9-14(3)10-12-17/h5-12,18,22H,1,13H2,2-4H3/b8-6-,16-7+. The van der Waals surface area contributed by atoms with Gasteiger partial charge < -0.3 is 4.42 Å². The molecular formula is C19H23N3O3S. The van der Waals surface area contributed by atoms with Gasteiger partial charge in [-0.05, 0) is 38.0 Å². The van der Waals surface area contributed by atoms with Crippen LogP contribution in [0.2, 0.25) is 0 Å². The van der Waals surface area contributed by atoms with Crippen molar-refractivity contribution in [1.82, 2.24) is 14.9 Å². The van der Waals surface area contributed by atoms with Crippen LogP contribution < -0.4 is 4.72 Å². The molecular weight excluding hydrogens is 350 g/mol. The first kappa shape index (κ1) is 19.8. The van der Waals surface area contributed by atoms with Crippen LogP contribution in [0.1, 0.15) is 36.7 Å². The molecule has 0 aliphatic rings. The number of hydrogen-bond acceptors (Lipinski definition) is 5. The second-order valence-electron chi connectivity index (χ2n) is 5.83. The first-order valence-electron chi connectivity index (χ1n) is 8.19. The van der Waals surface area contributed by atoms with E-state index in [2.05, 4.69) is 21.5 Å². The van der Waals surface area contributed by atoms with E-state index in [1.807, 2.05) is 32.1 Å². The van der Waals surface area contributed by atoms with Gasteiger partial charge in [0.1, 0.15) is 6.04 Å². The second-order valence-corrected chi connectivity index (χ2v) is 7.54. The zero-order chi connectivity index (χ0) is 19.2. The lowest BCUT2D eigenvalue weighted by atomic mass is 10.1. The highest BCUT2D eigenvalue weighted by Crippen LogP contribution is 2.24. The van der Waals surface area contributed by atoms with Crippen LogP contribution in [0.25, 0.3) is 0 Å². The highest BCUT2D eigenvalue weighted by atomic mass is 32.2. The Morgan fingerprint density at radius 1 is 1.27 bits per heavy atom. The fourth-order valence-electron chi connectivity index (χ4n) is 2.40. The molecule has 0 spiro atoms. The molecule has 26 heavy (non-hydrogen) atoms. The third-order valence-corrected chi connectivity index (χ3v) is 5.11. The molecule has 0 saturated carbocycles. The Bertz CT molecular complexity index is 910. The summed E-state index contributed by atoms with van der Waals surface area (Å²) in [7, 11) is -3.75. The fourth-order valence-corrected chi connectivity index (χ4v) is 3.59. The van der Waals surface area contributed by atoms with E-state index in [1.54, 1.807) is 37.3 Å². The molecule has 2 aromatic rings. The van der Waals surface area contributed by atoms with Crippen molar-refractivity contribution in [2.24, 2.45) is 0 Å². The van der Waals surface area contributed by atoms with Crippen molar-refractivity contribution in [2.75, 3.05) is 0 Å². The molecule has 1 aromatic heterocycles. The molecule has 0 bridgehead atoms. The van der Waals surface area contributed by atoms with Gasteiger partial charge in [0.25, 0.3) is 0 Å². The van der Waals surface area contributed by atoms with Crippen LogP contribution in [0.3, 0.4) is 0 Å². The largest absolute Gasteiger partial charge is 0.424 e. The molecule has 0 aliphatic carbocycles. The SMILES string of the molecule is C=C/C=C(\C=C/C)CC(NS(=O)(=O)c1ccc(C)cc1)c1nnc(C)o1. The number of rotatable bonds is 8. The fraction of sp³-hybridized carbons (Fsp3) is 0.263. The van der Waals surface area contributed by atoms with Crippen LogP contribution in [0.15, 0.2) is 70.0 Å². The van der Waals surface area contributed by atoms with Gasteiger partial charge in [0.2, 0.25) is 21.8 Å². The van der Waals surface area contributed by atoms with E-state index in [-0.39, 0.29) is 10.8 Å². The summed E-state index contributed by atoms with van der Waals surface area (Å²) >= 11 is 0. The van der Waals surface area contributed by atoms with Crippen LogP contribution in [-0.2, 0) is 10.0 Å². The number of benzene rings is 1. The van der Waals surface area contributed by atoms with Crippen molar-refractivity contribution in [3.05, 3.63) is 78.1 Å². The van der Waals surface area contributed by atoms with Gasteiger partial charge in [0.05, 0.1) is 4.90 Å². The van der Waals surface area contributed by atoms with E-state index >= 15 is 0 Å². The van der Waals surface area contributed by atoms with E-state index < -0.39 is 16.1 Å². The first-order valence-corrected chi connectivity index (χ1v) is 9.67. The van der Waals surface area contributed by atoms with Crippen LogP contribution in [0.4, 0.5) is 0 Å². The molecule has 2 rings (SSSR count). The Hall–Kier alpha value is -2.51. The normalized spacial score (nSPS) is 13.9. The molecule has 6 nitrogen and oxygen atoms in total. The van der Waals surface area contributed by atoms with Crippen molar-refractivity contribution < 1.29 is 12.8 Å². The molecule has 1 unspecified atom stereocenters. The molecule has 0 saturated heterocycles. The summed E-state index contributed by atoms with van der Waals surface area (Å²) < 4.78 is 33.7. The van der Waals surface area contributed by atoms with E-state index in [0.29, 0.717) is 12.3 Å². The maximum absolute atomic E-state index is 12.8. The average Bonchev–Trinajstić information content (AvgIpc) is 3.01. The van der Waals surface area contributed by atoms with E-state index in [9.17, 15) is 8.42 Å². The molecule has 7 heteroatoms. The number of hydrogen-bond donors (Lipinski definition) is 1. The summed E-state index contributed by atoms with van der Waals surface area (Å²) in [5.74, 6) is 0.595. The van der Waals surface area contributed by atoms with Gasteiger partial charge >= 0.3 is 0 Å². The van der Waals surface area contributed by atoms with Crippen LogP contribution >= 0.6 is 0 Å². The minimum Gasteiger partial charge on any atom is -0.424 e. The Labute approximate surface area is 154 Å². The summed E-state index contributed by atoms with van der Waals surface area (Å²) in [6, 6.07) is 5.96. The highest BCUT2D eigenvalue weighted by Gasteiger charge is 2.26. The predicted molar refractivity (Wildman–Crippen MR) is 101 cm³/mol. The number of aromatic nitrogens is 2. The topological polar surface area (TPSA) is 85.1 Å². The van der Waals surface area contributed by atoms with Gasteiger partial charge in [-0.1, -0.05) is 48.6 Å². The van der Waals surface area contributed by atoms with Gasteiger partial charge in [-0.15, -0.1) is 10.2 Å². The van der Waals surface area contributed by atoms with Crippen LogP contribution in [0, 0.1) is 13.8 Å². The van der Waals surface area contributed by atoms with Crippen LogP contribution in [-0.4, -0.2) is 18.6 Å². The van der Waals surface area contributed by atoms with Gasteiger partial charge in [-0.2, -0.15) is 4.72 Å². The minimum absolute atomic E-state index is 0.185. The summed E-state index contributed by atoms with van der Waals surface area (Å²) in [6.45, 7) is 9.15. The van der Waals surface area contributed by atoms with Crippen molar-refractivity contribution in [2.45, 2.75) is 38.1 Å². The van der Waals surface area contributed by atoms with E-state index in [4.69, 9.17) is 4.42 Å². The van der Waals surface area contributed by atoms with Crippen molar-refractivity contribution >= 4 is 10.0 Å². The van der Waals surface area contributed by atoms with E-state index in [1.165, 1.54) is 0 Å². The van der Waals surface area contributed by atoms with Gasteiger partial charge in [0, 0.05) is 6.92 Å². The first-order chi connectivity index (χ1) is 12.4. The van der Waals surface area contributed by atoms with Gasteiger partial charge in [-0.3, -0.25) is 0 Å². The Morgan fingerprint density at radius 2 is 1.96 bits per heavy atom. The quantitative estimate of drug-likeness (QED) is 0.712. The summed E-state index contributed by atoms with van der Waals surface area (Å²) in [6.07, 6.45) is 7.58. The third-order valence-electron chi connectivity index (χ3n) is 3.62. The number of sulfonamides is 1. The lowest BCUT2D eigenvalue weighted by molar-refractivity contribution is 0.412. The van der Waals surface area contributed by atoms with Gasteiger partial charge in [0.15, 0.2) is 0 Å². The molecule has 138 valence electrons. The summed E-state index contributed by atoms with van der Waals surface area (Å²) in [5, 5.41) is 7.80. The van der Waals surface area contributed by atoms with Gasteiger partial charge in [-0.25, -0.2) is 8.42 Å². The second kappa shape index (κ2) is 8.73. The monoisotopic (exact) mass is 373 g/mol. The molecule has 1 heterocycles. The summed E-state index contributed by atoms with van der Waals surface area (Å²) in [5.41, 5.74) is 1.87. The lowest BCUT2D eigenvalue weighted by Crippen LogP contribution is -2.29. The predicted octanol–water partition coefficient (Wildman–Crippen LogP) is 3.78. The third kappa shape index (κ3) is 5.24. The van der Waals surface area contributed by atoms with Crippen molar-refractivity contribution in [1.29, 1.82) is 0 Å². The smallest absolute Gasteiger partial charge is 0.241 e. The number of nitrogens with zero attached hydrogens (tertiary/aromatic N) is 2. The maximum atomic E-state index is 12.8. The highest BCUT2D eigenvalue weighted by molar-refractivity contribution is 7.89. The van der Waals surface area contributed by atoms with Crippen LogP contribution in [0.5, 0.6) is 0 Å². The maximum Gasteiger partial charge on any atom is 0.241 e. The molecule has 0 amide bonds. The lowest BCUT2D eigenvalue weighted by Gasteiger charge is -2.16. The minimum atomic E-state index is -3.75. The molecule has 1 atom stereocenters. The number of nitrogens with one attached hydrogen (secondary N) is 1. The Morgan fingerprint density at radius 3 is 2.50 bits per heavy atom. The summed E-state index contributed by atoms with van der Waals surface area (Å²) in [4.78, 5) is 0.185. The molecule has 0 radical (unpaired) electrons. The molecule has 0 aliphatic heterocycles.